The van der Waals surface area contributed by atoms with E-state index < -0.39 is 0 Å². The smallest absolute Gasteiger partial charge is 0.110 e. The van der Waals surface area contributed by atoms with Crippen LogP contribution in [0.2, 0.25) is 0 Å². The largest absolute Gasteiger partial charge is 0.337 e. The average molecular weight is 157 g/mol. The second-order valence-corrected chi connectivity index (χ2v) is 2.53. The fraction of sp³-hybridized carbons (Fsp3) is 0.286. The van der Waals surface area contributed by atoms with Gasteiger partial charge in [0.05, 0.1) is 12.9 Å². The fourth-order valence-electron chi connectivity index (χ4n) is 0.640. The maximum Gasteiger partial charge on any atom is 0.110 e. The first kappa shape index (κ1) is 7.35. The average Bonchev–Trinajstić information content (AvgIpc) is 2.04. The van der Waals surface area contributed by atoms with Gasteiger partial charge in [0.1, 0.15) is 5.16 Å². The Hall–Kier alpha value is -0.760. The highest BCUT2D eigenvalue weighted by Gasteiger charge is 2.04. The molecular formula is C7H9ClN2. The molecule has 0 aromatic carbocycles. The predicted octanol–water partition coefficient (Wildman–Crippen LogP) is 1.64. The Kier molecular flexibility index (Phi) is 2.12. The molecule has 10 heavy (non-hydrogen) atoms. The summed E-state index contributed by atoms with van der Waals surface area (Å²) in [4.78, 5) is 3.99. The molecule has 0 aromatic rings. The van der Waals surface area contributed by atoms with Crippen LogP contribution in [-0.2, 0) is 0 Å². The summed E-state index contributed by atoms with van der Waals surface area (Å²) < 4.78 is 0. The fourth-order valence-corrected chi connectivity index (χ4v) is 0.823. The molecule has 0 saturated carbocycles. The van der Waals surface area contributed by atoms with Gasteiger partial charge in [0.2, 0.25) is 0 Å². The van der Waals surface area contributed by atoms with Crippen molar-refractivity contribution in [3.63, 3.8) is 0 Å². The zero-order valence-corrected chi connectivity index (χ0v) is 6.57. The van der Waals surface area contributed by atoms with Crippen LogP contribution < -0.4 is 5.32 Å². The quantitative estimate of drug-likeness (QED) is 0.530. The first-order valence-electron chi connectivity index (χ1n) is 3.01. The second kappa shape index (κ2) is 2.88. The molecule has 0 unspecified atom stereocenters. The Morgan fingerprint density at radius 2 is 2.50 bits per heavy atom. The van der Waals surface area contributed by atoms with E-state index in [0.29, 0.717) is 11.7 Å². The van der Waals surface area contributed by atoms with Crippen LogP contribution in [0.5, 0.6) is 0 Å². The molecule has 1 aliphatic rings. The molecule has 0 saturated heterocycles. The molecule has 0 atom stereocenters. The number of rotatable bonds is 0. The molecule has 0 amide bonds. The molecule has 0 aromatic heterocycles. The van der Waals surface area contributed by atoms with Crippen LogP contribution in [0.4, 0.5) is 0 Å². The van der Waals surface area contributed by atoms with Crippen molar-refractivity contribution in [3.8, 4) is 0 Å². The van der Waals surface area contributed by atoms with E-state index in [-0.39, 0.29) is 0 Å². The molecule has 2 nitrogen and oxygen atoms in total. The lowest BCUT2D eigenvalue weighted by Gasteiger charge is -2.01. The van der Waals surface area contributed by atoms with E-state index in [4.69, 9.17) is 11.6 Å². The third-order valence-corrected chi connectivity index (χ3v) is 1.82. The van der Waals surface area contributed by atoms with Crippen molar-refractivity contribution in [3.05, 3.63) is 22.9 Å². The molecule has 54 valence electrons. The van der Waals surface area contributed by atoms with Crippen molar-refractivity contribution in [1.29, 1.82) is 0 Å². The minimum Gasteiger partial charge on any atom is -0.337 e. The van der Waals surface area contributed by atoms with Crippen molar-refractivity contribution in [2.24, 2.45) is 4.99 Å². The lowest BCUT2D eigenvalue weighted by atomic mass is 10.1. The summed E-state index contributed by atoms with van der Waals surface area (Å²) in [6.07, 6.45) is 1.59. The van der Waals surface area contributed by atoms with Gasteiger partial charge in [0.15, 0.2) is 0 Å². The zero-order valence-electron chi connectivity index (χ0n) is 5.82. The van der Waals surface area contributed by atoms with E-state index in [1.807, 2.05) is 6.92 Å². The van der Waals surface area contributed by atoms with Gasteiger partial charge < -0.3 is 5.32 Å². The van der Waals surface area contributed by atoms with Crippen LogP contribution in [0.1, 0.15) is 6.92 Å². The summed E-state index contributed by atoms with van der Waals surface area (Å²) in [6, 6.07) is 0. The first-order chi connectivity index (χ1) is 4.72. The maximum absolute atomic E-state index is 5.78. The van der Waals surface area contributed by atoms with Crippen molar-refractivity contribution in [1.82, 2.24) is 5.32 Å². The number of aliphatic imine (C=N–C) groups is 1. The molecule has 0 fully saturated rings. The van der Waals surface area contributed by atoms with Gasteiger partial charge in [-0.15, -0.1) is 0 Å². The van der Waals surface area contributed by atoms with E-state index >= 15 is 0 Å². The number of nitrogens with one attached hydrogen (secondary N) is 1. The van der Waals surface area contributed by atoms with Gasteiger partial charge in [-0.2, -0.15) is 0 Å². The number of hydrogen-bond acceptors (Lipinski definition) is 2. The van der Waals surface area contributed by atoms with E-state index in [1.54, 1.807) is 6.34 Å². The Morgan fingerprint density at radius 1 is 1.80 bits per heavy atom. The Balaban J connectivity index is 2.91. The summed E-state index contributed by atoms with van der Waals surface area (Å²) in [5.74, 6) is 0. The topological polar surface area (TPSA) is 24.4 Å². The monoisotopic (exact) mass is 156 g/mol. The minimum atomic E-state index is 0.617. The van der Waals surface area contributed by atoms with Crippen LogP contribution >= 0.6 is 11.6 Å². The maximum atomic E-state index is 5.78. The third kappa shape index (κ3) is 1.39. The van der Waals surface area contributed by atoms with Crippen molar-refractivity contribution < 1.29 is 0 Å². The van der Waals surface area contributed by atoms with Gasteiger partial charge in [-0.3, -0.25) is 4.99 Å². The molecule has 3 heteroatoms. The summed E-state index contributed by atoms with van der Waals surface area (Å²) >= 11 is 5.78. The molecule has 1 heterocycles. The van der Waals surface area contributed by atoms with Gasteiger partial charge in [-0.1, -0.05) is 18.2 Å². The van der Waals surface area contributed by atoms with Crippen molar-refractivity contribution >= 4 is 17.9 Å². The van der Waals surface area contributed by atoms with Gasteiger partial charge in [0.25, 0.3) is 0 Å². The highest BCUT2D eigenvalue weighted by atomic mass is 35.5. The van der Waals surface area contributed by atoms with Gasteiger partial charge in [-0.05, 0) is 18.1 Å². The third-order valence-electron chi connectivity index (χ3n) is 1.42. The van der Waals surface area contributed by atoms with Crippen LogP contribution in [0.15, 0.2) is 27.9 Å². The minimum absolute atomic E-state index is 0.617. The van der Waals surface area contributed by atoms with Crippen LogP contribution in [-0.4, -0.2) is 12.9 Å². The number of nitrogens with zero attached hydrogens (tertiary/aromatic N) is 1. The highest BCUT2D eigenvalue weighted by molar-refractivity contribution is 6.30. The van der Waals surface area contributed by atoms with E-state index in [0.717, 1.165) is 11.1 Å². The van der Waals surface area contributed by atoms with Gasteiger partial charge >= 0.3 is 0 Å². The molecule has 1 rings (SSSR count). The van der Waals surface area contributed by atoms with Crippen LogP contribution in [0.25, 0.3) is 0 Å². The van der Waals surface area contributed by atoms with E-state index in [9.17, 15) is 0 Å². The van der Waals surface area contributed by atoms with E-state index in [1.165, 1.54) is 0 Å². The number of halogens is 1. The molecule has 1 N–H and O–H groups in total. The normalized spacial score (nSPS) is 18.8. The Labute approximate surface area is 65.3 Å². The summed E-state index contributed by atoms with van der Waals surface area (Å²) in [5.41, 5.74) is 1.95. The SMILES string of the molecule is C=C1CN=CNC(Cl)=C1C. The molecule has 0 spiro atoms. The molecular weight excluding hydrogens is 148 g/mol. The van der Waals surface area contributed by atoms with Gasteiger partial charge in [0, 0.05) is 0 Å². The lowest BCUT2D eigenvalue weighted by molar-refractivity contribution is 1.16. The van der Waals surface area contributed by atoms with Crippen molar-refractivity contribution in [2.45, 2.75) is 6.92 Å². The lowest BCUT2D eigenvalue weighted by Crippen LogP contribution is -2.05. The van der Waals surface area contributed by atoms with Crippen LogP contribution in [0.3, 0.4) is 0 Å². The van der Waals surface area contributed by atoms with Crippen LogP contribution in [0, 0.1) is 0 Å². The summed E-state index contributed by atoms with van der Waals surface area (Å²) in [6.45, 7) is 6.37. The zero-order chi connectivity index (χ0) is 7.56. The Morgan fingerprint density at radius 3 is 3.20 bits per heavy atom. The summed E-state index contributed by atoms with van der Waals surface area (Å²) in [5, 5.41) is 3.43. The van der Waals surface area contributed by atoms with Gasteiger partial charge in [-0.25, -0.2) is 0 Å². The highest BCUT2D eigenvalue weighted by Crippen LogP contribution is 2.15. The predicted molar refractivity (Wildman–Crippen MR) is 44.2 cm³/mol. The summed E-state index contributed by atoms with van der Waals surface area (Å²) in [7, 11) is 0. The molecule has 1 aliphatic heterocycles. The first-order valence-corrected chi connectivity index (χ1v) is 3.39. The Bertz CT molecular complexity index is 216. The molecule has 0 bridgehead atoms. The molecule has 0 aliphatic carbocycles. The second-order valence-electron chi connectivity index (χ2n) is 2.16. The number of hydrogen-bond donors (Lipinski definition) is 1. The molecule has 0 radical (unpaired) electrons. The standard InChI is InChI=1S/C7H9ClN2/c1-5-3-9-4-10-7(8)6(5)2/h4H,1,3H2,2H3,(H,9,10). The van der Waals surface area contributed by atoms with E-state index in [2.05, 4.69) is 16.9 Å². The van der Waals surface area contributed by atoms with Crippen molar-refractivity contribution in [2.75, 3.05) is 6.54 Å².